The summed E-state index contributed by atoms with van der Waals surface area (Å²) in [6.07, 6.45) is 7.26. The average molecular weight is 806 g/mol. The molecule has 2 heterocycles. The first-order valence-electron chi connectivity index (χ1n) is 17.4. The van der Waals surface area contributed by atoms with Crippen LogP contribution in [0.1, 0.15) is 64.2 Å². The molecule has 2 atom stereocenters. The van der Waals surface area contributed by atoms with Crippen molar-refractivity contribution < 1.29 is 38.2 Å². The zero-order chi connectivity index (χ0) is 39.9. The van der Waals surface area contributed by atoms with Gasteiger partial charge in [0.25, 0.3) is 0 Å². The molecule has 2 aromatic rings. The highest BCUT2D eigenvalue weighted by atomic mass is 35.5. The molecule has 0 unspecified atom stereocenters. The van der Waals surface area contributed by atoms with Gasteiger partial charge in [0.1, 0.15) is 0 Å². The Morgan fingerprint density at radius 3 is 1.30 bits per heavy atom. The average Bonchev–Trinajstić information content (AvgIpc) is 3.83. The fourth-order valence-electron chi connectivity index (χ4n) is 6.31. The lowest BCUT2D eigenvalue weighted by Crippen LogP contribution is -2.42. The van der Waals surface area contributed by atoms with Crippen molar-refractivity contribution in [1.82, 2.24) is 41.4 Å². The van der Waals surface area contributed by atoms with E-state index in [2.05, 4.69) is 52.3 Å². The summed E-state index contributed by atoms with van der Waals surface area (Å²) in [6, 6.07) is 0. The number of nitrogens with one attached hydrogen (secondary N) is 6. The third-order valence-corrected chi connectivity index (χ3v) is 9.33. The number of rotatable bonds is 16. The lowest BCUT2D eigenvalue weighted by Gasteiger charge is -2.21. The van der Waals surface area contributed by atoms with Crippen molar-refractivity contribution in [2.75, 3.05) is 61.9 Å². The number of amides is 4. The molecule has 0 radical (unpaired) electrons. The van der Waals surface area contributed by atoms with Crippen LogP contribution in [0.4, 0.5) is 41.6 Å². The SMILES string of the molecule is CN(C)c1nc(Cl)nc(NNC(=O)[C@@H](CNC(=O)O)CC2CCCC2)c1F.CN(C)c1nc(Cl)nc(NNC(=O)[C@@H](CNC(=O)O)CC2CCCC2)c1F. The molecule has 2 aromatic heterocycles. The van der Waals surface area contributed by atoms with E-state index in [1.54, 1.807) is 28.2 Å². The molecule has 8 N–H and O–H groups in total. The van der Waals surface area contributed by atoms with Crippen LogP contribution in [0.3, 0.4) is 0 Å². The Kier molecular flexibility index (Phi) is 17.2. The number of hydrogen-bond donors (Lipinski definition) is 8. The van der Waals surface area contributed by atoms with Crippen LogP contribution in [-0.4, -0.2) is 95.4 Å². The van der Waals surface area contributed by atoms with Gasteiger partial charge in [0.05, 0.1) is 11.8 Å². The van der Waals surface area contributed by atoms with Gasteiger partial charge in [-0.25, -0.2) is 9.59 Å². The molecule has 2 fully saturated rings. The van der Waals surface area contributed by atoms with Crippen LogP contribution in [0.5, 0.6) is 0 Å². The number of carboxylic acid groups (broad SMARTS) is 2. The predicted octanol–water partition coefficient (Wildman–Crippen LogP) is 4.48. The molecule has 4 amide bonds. The van der Waals surface area contributed by atoms with Crippen LogP contribution in [0.15, 0.2) is 0 Å². The van der Waals surface area contributed by atoms with Gasteiger partial charge >= 0.3 is 12.2 Å². The van der Waals surface area contributed by atoms with Gasteiger partial charge in [-0.1, -0.05) is 51.4 Å². The summed E-state index contributed by atoms with van der Waals surface area (Å²) in [6.45, 7) is -0.0371. The van der Waals surface area contributed by atoms with Gasteiger partial charge in [-0.3, -0.25) is 31.3 Å². The van der Waals surface area contributed by atoms with E-state index in [4.69, 9.17) is 33.4 Å². The van der Waals surface area contributed by atoms with Gasteiger partial charge in [0.15, 0.2) is 23.3 Å². The molecule has 2 saturated carbocycles. The number of hydrogen-bond acceptors (Lipinski definition) is 12. The summed E-state index contributed by atoms with van der Waals surface area (Å²) in [5.74, 6) is -3.41. The lowest BCUT2D eigenvalue weighted by atomic mass is 9.92. The maximum Gasteiger partial charge on any atom is 0.404 e. The van der Waals surface area contributed by atoms with E-state index >= 15 is 0 Å². The second kappa shape index (κ2) is 21.2. The van der Waals surface area contributed by atoms with Gasteiger partial charge in [0.2, 0.25) is 34.0 Å². The molecule has 54 heavy (non-hydrogen) atoms. The highest BCUT2D eigenvalue weighted by Gasteiger charge is 2.28. The number of anilines is 4. The number of carbonyl (C=O) groups is 4. The Morgan fingerprint density at radius 1 is 0.667 bits per heavy atom. The van der Waals surface area contributed by atoms with Gasteiger partial charge in [-0.2, -0.15) is 28.7 Å². The Morgan fingerprint density at radius 2 is 1.00 bits per heavy atom. The molecular weight excluding hydrogens is 757 g/mol. The van der Waals surface area contributed by atoms with Gasteiger partial charge in [-0.15, -0.1) is 0 Å². The van der Waals surface area contributed by atoms with E-state index < -0.39 is 47.5 Å². The van der Waals surface area contributed by atoms with Crippen molar-refractivity contribution in [3.8, 4) is 0 Å². The smallest absolute Gasteiger partial charge is 0.404 e. The number of nitrogens with zero attached hydrogens (tertiary/aromatic N) is 6. The predicted molar refractivity (Wildman–Crippen MR) is 198 cm³/mol. The molecule has 22 heteroatoms. The van der Waals surface area contributed by atoms with Gasteiger partial charge < -0.3 is 30.6 Å². The Bertz CT molecular complexity index is 1480. The molecule has 4 rings (SSSR count). The van der Waals surface area contributed by atoms with Crippen LogP contribution in [0.2, 0.25) is 10.6 Å². The van der Waals surface area contributed by atoms with Crippen molar-refractivity contribution in [1.29, 1.82) is 0 Å². The first kappa shape index (κ1) is 43.7. The zero-order valence-electron chi connectivity index (χ0n) is 30.5. The normalized spacial score (nSPS) is 15.3. The molecule has 0 spiro atoms. The first-order chi connectivity index (χ1) is 25.5. The highest BCUT2D eigenvalue weighted by molar-refractivity contribution is 6.28. The Balaban J connectivity index is 0.000000290. The maximum absolute atomic E-state index is 14.4. The standard InChI is InChI=1S/2C16H24ClFN6O3/c2*1-24(2)13-11(18)12(20-15(17)21-13)22-23-14(25)10(8-19-16(26)27)7-9-5-3-4-6-9/h2*9-10,19H,3-8H2,1-2H3,(H,23,25)(H,26,27)(H,20,21,22)/t2*10-/m11/s1. The van der Waals surface area contributed by atoms with E-state index in [-0.39, 0.29) is 46.9 Å². The molecule has 2 aliphatic rings. The summed E-state index contributed by atoms with van der Waals surface area (Å²) in [4.78, 5) is 64.5. The highest BCUT2D eigenvalue weighted by Crippen LogP contribution is 2.32. The van der Waals surface area contributed by atoms with E-state index in [1.807, 2.05) is 0 Å². The van der Waals surface area contributed by atoms with Crippen molar-refractivity contribution in [3.63, 3.8) is 0 Å². The van der Waals surface area contributed by atoms with Crippen molar-refractivity contribution >= 4 is 70.5 Å². The minimum Gasteiger partial charge on any atom is -0.465 e. The van der Waals surface area contributed by atoms with Crippen LogP contribution < -0.4 is 42.1 Å². The fourth-order valence-corrected chi connectivity index (χ4v) is 6.63. The van der Waals surface area contributed by atoms with E-state index in [1.165, 1.54) is 9.80 Å². The molecular formula is C32H48Cl2F2N12O6. The number of halogens is 4. The molecule has 18 nitrogen and oxygen atoms in total. The van der Waals surface area contributed by atoms with Crippen LogP contribution in [0.25, 0.3) is 0 Å². The largest absolute Gasteiger partial charge is 0.465 e. The summed E-state index contributed by atoms with van der Waals surface area (Å²) in [5, 5.41) is 21.8. The topological polar surface area (TPSA) is 239 Å². The number of aromatic nitrogens is 4. The lowest BCUT2D eigenvalue weighted by molar-refractivity contribution is -0.125. The van der Waals surface area contributed by atoms with Gasteiger partial charge in [0, 0.05) is 41.3 Å². The Labute approximate surface area is 321 Å². The van der Waals surface area contributed by atoms with Crippen molar-refractivity contribution in [3.05, 3.63) is 22.2 Å². The van der Waals surface area contributed by atoms with Crippen LogP contribution in [0, 0.1) is 35.3 Å². The molecule has 0 aromatic carbocycles. The van der Waals surface area contributed by atoms with Crippen LogP contribution in [-0.2, 0) is 9.59 Å². The summed E-state index contributed by atoms with van der Waals surface area (Å²) in [7, 11) is 6.39. The molecule has 0 bridgehead atoms. The molecule has 0 aliphatic heterocycles. The van der Waals surface area contributed by atoms with Gasteiger partial charge in [-0.05, 0) is 47.9 Å². The van der Waals surface area contributed by atoms with E-state index in [0.29, 0.717) is 24.7 Å². The summed E-state index contributed by atoms with van der Waals surface area (Å²) < 4.78 is 28.8. The van der Waals surface area contributed by atoms with Crippen molar-refractivity contribution in [2.24, 2.45) is 23.7 Å². The monoisotopic (exact) mass is 804 g/mol. The molecule has 300 valence electrons. The third-order valence-electron chi connectivity index (χ3n) is 8.99. The summed E-state index contributed by atoms with van der Waals surface area (Å²) in [5.41, 5.74) is 9.66. The molecule has 2 aliphatic carbocycles. The number of carbonyl (C=O) groups excluding carboxylic acids is 2. The number of hydrazine groups is 2. The van der Waals surface area contributed by atoms with Crippen molar-refractivity contribution in [2.45, 2.75) is 64.2 Å². The first-order valence-corrected chi connectivity index (χ1v) is 18.2. The quantitative estimate of drug-likeness (QED) is 0.0863. The minimum absolute atomic E-state index is 0.0185. The fraction of sp³-hybridized carbons (Fsp3) is 0.625. The Hall–Kier alpha value is -4.72. The second-order valence-electron chi connectivity index (χ2n) is 13.5. The second-order valence-corrected chi connectivity index (χ2v) is 14.2. The maximum atomic E-state index is 14.4. The third kappa shape index (κ3) is 13.9. The summed E-state index contributed by atoms with van der Waals surface area (Å²) >= 11 is 11.6. The van der Waals surface area contributed by atoms with E-state index in [0.717, 1.165) is 51.4 Å². The minimum atomic E-state index is -1.20. The molecule has 0 saturated heterocycles. The van der Waals surface area contributed by atoms with E-state index in [9.17, 15) is 28.0 Å². The zero-order valence-corrected chi connectivity index (χ0v) is 32.0. The van der Waals surface area contributed by atoms with Crippen LogP contribution >= 0.6 is 23.2 Å².